The Kier molecular flexibility index (Phi) is 4.63. The molecule has 0 radical (unpaired) electrons. The van der Waals surface area contributed by atoms with Crippen molar-refractivity contribution < 1.29 is 19.8 Å². The van der Waals surface area contributed by atoms with Crippen molar-refractivity contribution in [3.05, 3.63) is 0 Å². The molecule has 0 aromatic rings. The highest BCUT2D eigenvalue weighted by atomic mass is 16.4. The van der Waals surface area contributed by atoms with Crippen LogP contribution in [0.15, 0.2) is 0 Å². The van der Waals surface area contributed by atoms with Gasteiger partial charge in [-0.25, -0.2) is 9.59 Å². The molecule has 2 amide bonds. The lowest BCUT2D eigenvalue weighted by Crippen LogP contribution is -2.50. The number of carboxylic acid groups (broad SMARTS) is 1. The Labute approximate surface area is 112 Å². The summed E-state index contributed by atoms with van der Waals surface area (Å²) < 4.78 is 0. The number of aliphatic hydroxyl groups is 1. The van der Waals surface area contributed by atoms with Crippen molar-refractivity contribution in [3.8, 4) is 0 Å². The maximum absolute atomic E-state index is 12.1. The molecule has 108 valence electrons. The lowest BCUT2D eigenvalue weighted by Gasteiger charge is -2.37. The summed E-state index contributed by atoms with van der Waals surface area (Å²) in [7, 11) is 0. The average molecular weight is 270 g/mol. The van der Waals surface area contributed by atoms with Crippen molar-refractivity contribution in [2.75, 3.05) is 13.1 Å². The number of amides is 2. The molecule has 1 aliphatic heterocycles. The summed E-state index contributed by atoms with van der Waals surface area (Å²) in [4.78, 5) is 24.4. The number of rotatable bonds is 4. The Hall–Kier alpha value is -1.30. The van der Waals surface area contributed by atoms with E-state index in [1.54, 1.807) is 0 Å². The topological polar surface area (TPSA) is 89.9 Å². The van der Waals surface area contributed by atoms with Crippen LogP contribution < -0.4 is 5.32 Å². The largest absolute Gasteiger partial charge is 0.479 e. The van der Waals surface area contributed by atoms with Gasteiger partial charge in [0.1, 0.15) is 0 Å². The van der Waals surface area contributed by atoms with Crippen LogP contribution in [0.25, 0.3) is 0 Å². The molecule has 0 bridgehead atoms. The summed E-state index contributed by atoms with van der Waals surface area (Å²) in [5.41, 5.74) is 0. The Morgan fingerprint density at radius 3 is 2.74 bits per heavy atom. The molecular formula is C13H22N2O4. The first-order valence-electron chi connectivity index (χ1n) is 7.05. The number of nitrogens with zero attached hydrogens (tertiary/aromatic N) is 1. The monoisotopic (exact) mass is 270 g/mol. The fraction of sp³-hybridized carbons (Fsp3) is 0.846. The van der Waals surface area contributed by atoms with Gasteiger partial charge in [0.05, 0.1) is 0 Å². The number of aliphatic carboxylic acids is 1. The molecule has 19 heavy (non-hydrogen) atoms. The standard InChI is InChI=1S/C13H22N2O4/c16-11(12(17)18)6-7-14-13(19)15-8-2-4-9-3-1-5-10(9)15/h9-11,16H,1-8H2,(H,14,19)(H,17,18)/t9?,10?,11-/m0/s1. The van der Waals surface area contributed by atoms with Gasteiger partial charge in [-0.05, 0) is 31.6 Å². The molecule has 2 unspecified atom stereocenters. The molecule has 1 saturated carbocycles. The van der Waals surface area contributed by atoms with Crippen LogP contribution in [0.4, 0.5) is 4.79 Å². The van der Waals surface area contributed by atoms with Gasteiger partial charge in [-0.3, -0.25) is 0 Å². The van der Waals surface area contributed by atoms with Crippen molar-refractivity contribution in [1.29, 1.82) is 0 Å². The fourth-order valence-corrected chi connectivity index (χ4v) is 3.25. The van der Waals surface area contributed by atoms with E-state index in [2.05, 4.69) is 5.32 Å². The summed E-state index contributed by atoms with van der Waals surface area (Å²) in [5.74, 6) is -0.604. The van der Waals surface area contributed by atoms with Crippen molar-refractivity contribution in [2.45, 2.75) is 50.7 Å². The van der Waals surface area contributed by atoms with E-state index in [0.717, 1.165) is 19.4 Å². The van der Waals surface area contributed by atoms with Crippen molar-refractivity contribution in [3.63, 3.8) is 0 Å². The quantitative estimate of drug-likeness (QED) is 0.704. The van der Waals surface area contributed by atoms with E-state index in [9.17, 15) is 9.59 Å². The molecule has 1 aliphatic carbocycles. The second-order valence-electron chi connectivity index (χ2n) is 5.47. The molecule has 0 aromatic heterocycles. The van der Waals surface area contributed by atoms with Crippen molar-refractivity contribution >= 4 is 12.0 Å². The van der Waals surface area contributed by atoms with Crippen LogP contribution in [0, 0.1) is 5.92 Å². The molecule has 0 aromatic carbocycles. The van der Waals surface area contributed by atoms with Crippen LogP contribution in [-0.4, -0.2) is 52.3 Å². The van der Waals surface area contributed by atoms with E-state index >= 15 is 0 Å². The van der Waals surface area contributed by atoms with Gasteiger partial charge in [0.2, 0.25) is 0 Å². The number of fused-ring (bicyclic) bond motifs is 1. The zero-order chi connectivity index (χ0) is 13.8. The molecule has 1 saturated heterocycles. The van der Waals surface area contributed by atoms with Gasteiger partial charge in [-0.15, -0.1) is 0 Å². The molecule has 6 heteroatoms. The second-order valence-corrected chi connectivity index (χ2v) is 5.47. The van der Waals surface area contributed by atoms with Crippen molar-refractivity contribution in [2.24, 2.45) is 5.92 Å². The maximum atomic E-state index is 12.1. The van der Waals surface area contributed by atoms with Gasteiger partial charge >= 0.3 is 12.0 Å². The molecule has 2 fully saturated rings. The summed E-state index contributed by atoms with van der Waals surface area (Å²) in [6.45, 7) is 0.981. The normalized spacial score (nSPS) is 27.7. The summed E-state index contributed by atoms with van der Waals surface area (Å²) >= 11 is 0. The van der Waals surface area contributed by atoms with Crippen molar-refractivity contribution in [1.82, 2.24) is 10.2 Å². The van der Waals surface area contributed by atoms with E-state index in [-0.39, 0.29) is 19.0 Å². The number of urea groups is 1. The van der Waals surface area contributed by atoms with Gasteiger partial charge in [0.25, 0.3) is 0 Å². The lowest BCUT2D eigenvalue weighted by molar-refractivity contribution is -0.146. The Bertz CT molecular complexity index is 348. The number of piperidine rings is 1. The minimum Gasteiger partial charge on any atom is -0.479 e. The Morgan fingerprint density at radius 2 is 2.00 bits per heavy atom. The van der Waals surface area contributed by atoms with Gasteiger partial charge in [-0.2, -0.15) is 0 Å². The highest BCUT2D eigenvalue weighted by molar-refractivity contribution is 5.75. The zero-order valence-corrected chi connectivity index (χ0v) is 11.0. The van der Waals surface area contributed by atoms with Gasteiger partial charge in [0.15, 0.2) is 6.10 Å². The molecule has 3 N–H and O–H groups in total. The van der Waals surface area contributed by atoms with Crippen LogP contribution in [0.1, 0.15) is 38.5 Å². The third-order valence-corrected chi connectivity index (χ3v) is 4.23. The van der Waals surface area contributed by atoms with E-state index in [4.69, 9.17) is 10.2 Å². The van der Waals surface area contributed by atoms with E-state index in [1.165, 1.54) is 19.3 Å². The smallest absolute Gasteiger partial charge is 0.332 e. The fourth-order valence-electron chi connectivity index (χ4n) is 3.25. The predicted octanol–water partition coefficient (Wildman–Crippen LogP) is 0.796. The van der Waals surface area contributed by atoms with Gasteiger partial charge in [0, 0.05) is 25.6 Å². The number of hydrogen-bond donors (Lipinski definition) is 3. The number of likely N-dealkylation sites (tertiary alicyclic amines) is 1. The van der Waals surface area contributed by atoms with E-state index < -0.39 is 12.1 Å². The molecule has 3 atom stereocenters. The highest BCUT2D eigenvalue weighted by Gasteiger charge is 2.37. The summed E-state index contributed by atoms with van der Waals surface area (Å²) in [6, 6.07) is 0.243. The van der Waals surface area contributed by atoms with E-state index in [0.29, 0.717) is 12.0 Å². The first-order valence-corrected chi connectivity index (χ1v) is 7.05. The molecule has 2 rings (SSSR count). The molecule has 2 aliphatic rings. The summed E-state index contributed by atoms with van der Waals surface area (Å²) in [5, 5.41) is 20.4. The zero-order valence-electron chi connectivity index (χ0n) is 11.0. The number of carboxylic acids is 1. The van der Waals surface area contributed by atoms with Gasteiger partial charge in [-0.1, -0.05) is 6.42 Å². The number of hydrogen-bond acceptors (Lipinski definition) is 3. The minimum atomic E-state index is -1.40. The molecule has 0 spiro atoms. The van der Waals surface area contributed by atoms with Crippen LogP contribution in [0.3, 0.4) is 0 Å². The summed E-state index contributed by atoms with van der Waals surface area (Å²) in [6.07, 6.45) is 4.39. The third kappa shape index (κ3) is 3.37. The number of carbonyl (C=O) groups excluding carboxylic acids is 1. The number of carbonyl (C=O) groups is 2. The molecule has 1 heterocycles. The number of nitrogens with one attached hydrogen (secondary N) is 1. The maximum Gasteiger partial charge on any atom is 0.332 e. The first kappa shape index (κ1) is 14.1. The van der Waals surface area contributed by atoms with Crippen LogP contribution in [0.5, 0.6) is 0 Å². The minimum absolute atomic E-state index is 0.0447. The van der Waals surface area contributed by atoms with Gasteiger partial charge < -0.3 is 20.4 Å². The molecular weight excluding hydrogens is 248 g/mol. The van der Waals surface area contributed by atoms with Crippen LogP contribution in [-0.2, 0) is 4.79 Å². The SMILES string of the molecule is O=C(O)[C@@H](O)CCNC(=O)N1CCCC2CCCC21. The Morgan fingerprint density at radius 1 is 1.26 bits per heavy atom. The predicted molar refractivity (Wildman–Crippen MR) is 68.7 cm³/mol. The lowest BCUT2D eigenvalue weighted by atomic mass is 9.92. The molecule has 6 nitrogen and oxygen atoms in total. The van der Waals surface area contributed by atoms with E-state index in [1.807, 2.05) is 4.90 Å². The Balaban J connectivity index is 1.77. The number of aliphatic hydroxyl groups excluding tert-OH is 1. The average Bonchev–Trinajstić information content (AvgIpc) is 2.86. The third-order valence-electron chi connectivity index (χ3n) is 4.23. The highest BCUT2D eigenvalue weighted by Crippen LogP contribution is 2.36. The van der Waals surface area contributed by atoms with Crippen LogP contribution >= 0.6 is 0 Å². The second kappa shape index (κ2) is 6.23. The van der Waals surface area contributed by atoms with Crippen LogP contribution in [0.2, 0.25) is 0 Å². The first-order chi connectivity index (χ1) is 9.09.